The predicted octanol–water partition coefficient (Wildman–Crippen LogP) is 2.44. The highest BCUT2D eigenvalue weighted by Gasteiger charge is 2.26. The number of hydrogen-bond acceptors (Lipinski definition) is 3. The van der Waals surface area contributed by atoms with Gasteiger partial charge in [0.05, 0.1) is 4.90 Å². The largest absolute Gasteiger partial charge is 0.261 e. The Kier molecular flexibility index (Phi) is 2.77. The number of thioether (sulfide) groups is 1. The third-order valence-corrected chi connectivity index (χ3v) is 4.93. The maximum atomic E-state index is 11.3. The molecule has 0 spiro atoms. The van der Waals surface area contributed by atoms with E-state index in [-0.39, 0.29) is 4.90 Å². The Hall–Kier alpha value is -0.190. The van der Waals surface area contributed by atoms with Gasteiger partial charge in [0.25, 0.3) is 9.05 Å². The zero-order valence-corrected chi connectivity index (χ0v) is 9.70. The molecule has 1 heterocycles. The molecule has 2 nitrogen and oxygen atoms in total. The molecule has 1 aromatic rings. The van der Waals surface area contributed by atoms with Crippen molar-refractivity contribution in [2.45, 2.75) is 10.8 Å². The minimum absolute atomic E-state index is 0.270. The Balaban J connectivity index is 2.48. The summed E-state index contributed by atoms with van der Waals surface area (Å²) in [5, 5.41) is 0. The van der Waals surface area contributed by atoms with Gasteiger partial charge in [-0.3, -0.25) is 0 Å². The standard InChI is InChI=1S/C9H9ClO2S2/c10-14(11,12)9-4-2-1-3-8(9)7-5-13-6-7/h1-4,7H,5-6H2. The first kappa shape index (κ1) is 10.3. The van der Waals surface area contributed by atoms with Gasteiger partial charge in [0.1, 0.15) is 0 Å². The van der Waals surface area contributed by atoms with Crippen LogP contribution in [0, 0.1) is 0 Å². The summed E-state index contributed by atoms with van der Waals surface area (Å²) in [6, 6.07) is 6.97. The van der Waals surface area contributed by atoms with Crippen LogP contribution in [-0.2, 0) is 9.05 Å². The maximum absolute atomic E-state index is 11.3. The van der Waals surface area contributed by atoms with E-state index in [4.69, 9.17) is 10.7 Å². The molecule has 0 N–H and O–H groups in total. The molecule has 1 saturated heterocycles. The van der Waals surface area contributed by atoms with Crippen molar-refractivity contribution in [3.8, 4) is 0 Å². The summed E-state index contributed by atoms with van der Waals surface area (Å²) in [5.41, 5.74) is 0.862. The van der Waals surface area contributed by atoms with Crippen molar-refractivity contribution in [1.82, 2.24) is 0 Å². The second kappa shape index (κ2) is 3.76. The van der Waals surface area contributed by atoms with E-state index in [9.17, 15) is 8.42 Å². The molecule has 5 heteroatoms. The Morgan fingerprint density at radius 1 is 1.29 bits per heavy atom. The van der Waals surface area contributed by atoms with E-state index in [0.29, 0.717) is 5.92 Å². The molecule has 14 heavy (non-hydrogen) atoms. The Labute approximate surface area is 92.1 Å². The van der Waals surface area contributed by atoms with Crippen LogP contribution in [0.1, 0.15) is 11.5 Å². The van der Waals surface area contributed by atoms with Gasteiger partial charge in [-0.05, 0) is 11.6 Å². The van der Waals surface area contributed by atoms with Gasteiger partial charge in [0, 0.05) is 28.1 Å². The van der Waals surface area contributed by atoms with Crippen LogP contribution in [0.4, 0.5) is 0 Å². The third-order valence-electron chi connectivity index (χ3n) is 2.26. The van der Waals surface area contributed by atoms with Gasteiger partial charge < -0.3 is 0 Å². The van der Waals surface area contributed by atoms with Crippen molar-refractivity contribution in [1.29, 1.82) is 0 Å². The highest BCUT2D eigenvalue weighted by Crippen LogP contribution is 2.37. The van der Waals surface area contributed by atoms with Gasteiger partial charge in [0.2, 0.25) is 0 Å². The van der Waals surface area contributed by atoms with E-state index in [1.54, 1.807) is 12.1 Å². The fraction of sp³-hybridized carbons (Fsp3) is 0.333. The molecule has 1 aliphatic heterocycles. The normalized spacial score (nSPS) is 17.8. The summed E-state index contributed by atoms with van der Waals surface area (Å²) in [7, 11) is 1.76. The van der Waals surface area contributed by atoms with Gasteiger partial charge in [-0.15, -0.1) is 0 Å². The van der Waals surface area contributed by atoms with Gasteiger partial charge in [0.15, 0.2) is 0 Å². The van der Waals surface area contributed by atoms with E-state index in [2.05, 4.69) is 0 Å². The summed E-state index contributed by atoms with van der Waals surface area (Å²) in [5.74, 6) is 2.33. The van der Waals surface area contributed by atoms with E-state index in [1.165, 1.54) is 0 Å². The van der Waals surface area contributed by atoms with Crippen molar-refractivity contribution < 1.29 is 8.42 Å². The first-order valence-electron chi connectivity index (χ1n) is 4.20. The zero-order chi connectivity index (χ0) is 10.2. The van der Waals surface area contributed by atoms with Crippen molar-refractivity contribution in [3.63, 3.8) is 0 Å². The van der Waals surface area contributed by atoms with Crippen LogP contribution in [0.25, 0.3) is 0 Å². The molecule has 0 atom stereocenters. The molecule has 1 fully saturated rings. The summed E-state index contributed by atoms with van der Waals surface area (Å²) < 4.78 is 22.5. The topological polar surface area (TPSA) is 34.1 Å². The zero-order valence-electron chi connectivity index (χ0n) is 7.31. The fourth-order valence-corrected chi connectivity index (χ4v) is 3.46. The molecule has 0 radical (unpaired) electrons. The molecule has 0 amide bonds. The summed E-state index contributed by atoms with van der Waals surface area (Å²) in [6.07, 6.45) is 0. The molecular weight excluding hydrogens is 240 g/mol. The predicted molar refractivity (Wildman–Crippen MR) is 59.5 cm³/mol. The van der Waals surface area contributed by atoms with Crippen LogP contribution >= 0.6 is 22.4 Å². The van der Waals surface area contributed by atoms with Crippen molar-refractivity contribution in [3.05, 3.63) is 29.8 Å². The van der Waals surface area contributed by atoms with Crippen LogP contribution in [0.3, 0.4) is 0 Å². The smallest absolute Gasteiger partial charge is 0.207 e. The Morgan fingerprint density at radius 2 is 1.93 bits per heavy atom. The average molecular weight is 249 g/mol. The van der Waals surface area contributed by atoms with Gasteiger partial charge >= 0.3 is 0 Å². The van der Waals surface area contributed by atoms with Crippen LogP contribution in [-0.4, -0.2) is 19.9 Å². The lowest BCUT2D eigenvalue weighted by Gasteiger charge is -2.26. The molecular formula is C9H9ClO2S2. The minimum Gasteiger partial charge on any atom is -0.207 e. The Morgan fingerprint density at radius 3 is 2.43 bits per heavy atom. The van der Waals surface area contributed by atoms with Crippen LogP contribution in [0.2, 0.25) is 0 Å². The number of benzene rings is 1. The molecule has 0 unspecified atom stereocenters. The Bertz CT molecular complexity index is 438. The van der Waals surface area contributed by atoms with Gasteiger partial charge in [-0.1, -0.05) is 18.2 Å². The van der Waals surface area contributed by atoms with Crippen molar-refractivity contribution >= 4 is 31.5 Å². The van der Waals surface area contributed by atoms with Crippen LogP contribution < -0.4 is 0 Å². The van der Waals surface area contributed by atoms with E-state index in [1.807, 2.05) is 23.9 Å². The molecule has 76 valence electrons. The number of hydrogen-bond donors (Lipinski definition) is 0. The lowest BCUT2D eigenvalue weighted by molar-refractivity contribution is 0.607. The monoisotopic (exact) mass is 248 g/mol. The minimum atomic E-state index is -3.59. The van der Waals surface area contributed by atoms with Crippen LogP contribution in [0.15, 0.2) is 29.2 Å². The van der Waals surface area contributed by atoms with Crippen molar-refractivity contribution in [2.75, 3.05) is 11.5 Å². The maximum Gasteiger partial charge on any atom is 0.261 e. The van der Waals surface area contributed by atoms with E-state index >= 15 is 0 Å². The van der Waals surface area contributed by atoms with Gasteiger partial charge in [-0.25, -0.2) is 8.42 Å². The first-order valence-corrected chi connectivity index (χ1v) is 7.67. The first-order chi connectivity index (χ1) is 6.59. The lowest BCUT2D eigenvalue weighted by Crippen LogP contribution is -2.17. The second-order valence-corrected chi connectivity index (χ2v) is 6.82. The molecule has 0 aromatic heterocycles. The van der Waals surface area contributed by atoms with E-state index < -0.39 is 9.05 Å². The number of halogens is 1. The fourth-order valence-electron chi connectivity index (χ4n) is 1.46. The molecule has 2 rings (SSSR count). The van der Waals surface area contributed by atoms with Crippen molar-refractivity contribution in [2.24, 2.45) is 0 Å². The highest BCUT2D eigenvalue weighted by molar-refractivity contribution is 8.13. The third kappa shape index (κ3) is 1.92. The summed E-state index contributed by atoms with van der Waals surface area (Å²) in [6.45, 7) is 0. The highest BCUT2D eigenvalue weighted by atomic mass is 35.7. The molecule has 0 saturated carbocycles. The van der Waals surface area contributed by atoms with Crippen LogP contribution in [0.5, 0.6) is 0 Å². The van der Waals surface area contributed by atoms with E-state index in [0.717, 1.165) is 17.1 Å². The average Bonchev–Trinajstić information content (AvgIpc) is 2.00. The number of rotatable bonds is 2. The molecule has 1 aromatic carbocycles. The molecule has 0 aliphatic carbocycles. The van der Waals surface area contributed by atoms with Gasteiger partial charge in [-0.2, -0.15) is 11.8 Å². The summed E-state index contributed by atoms with van der Waals surface area (Å²) in [4.78, 5) is 0.270. The molecule has 0 bridgehead atoms. The summed E-state index contributed by atoms with van der Waals surface area (Å²) >= 11 is 1.82. The molecule has 1 aliphatic rings. The SMILES string of the molecule is O=S(=O)(Cl)c1ccccc1C1CSC1. The quantitative estimate of drug-likeness (QED) is 0.754. The lowest BCUT2D eigenvalue weighted by atomic mass is 10.0. The second-order valence-electron chi connectivity index (χ2n) is 3.21.